The molecule has 2 aromatic rings. The quantitative estimate of drug-likeness (QED) is 0.754. The number of hydrogen-bond acceptors (Lipinski definition) is 1. The van der Waals surface area contributed by atoms with Crippen molar-refractivity contribution in [2.75, 3.05) is 13.1 Å². The van der Waals surface area contributed by atoms with E-state index in [1.165, 1.54) is 5.56 Å². The molecule has 0 bridgehead atoms. The van der Waals surface area contributed by atoms with Gasteiger partial charge in [0.15, 0.2) is 0 Å². The summed E-state index contributed by atoms with van der Waals surface area (Å²) in [6.45, 7) is 1.56. The Morgan fingerprint density at radius 3 is 2.67 bits per heavy atom. The van der Waals surface area contributed by atoms with Crippen LogP contribution in [0.5, 0.6) is 0 Å². The highest BCUT2D eigenvalue weighted by Gasteiger charge is 2.28. The van der Waals surface area contributed by atoms with E-state index in [1.54, 1.807) is 12.1 Å². The normalized spacial score (nSPS) is 18.0. The van der Waals surface area contributed by atoms with Crippen molar-refractivity contribution >= 4 is 33.4 Å². The second-order valence-electron chi connectivity index (χ2n) is 5.31. The number of likely N-dealkylation sites (tertiary alicyclic amines) is 1. The second-order valence-corrected chi connectivity index (χ2v) is 6.66. The molecule has 0 N–H and O–H groups in total. The van der Waals surface area contributed by atoms with E-state index >= 15 is 0 Å². The van der Waals surface area contributed by atoms with Gasteiger partial charge in [0.1, 0.15) is 0 Å². The first-order valence-corrected chi connectivity index (χ1v) is 8.11. The molecule has 2 nitrogen and oxygen atoms in total. The summed E-state index contributed by atoms with van der Waals surface area (Å²) in [5.74, 6) is 0.481. The van der Waals surface area contributed by atoms with Crippen LogP contribution in [0.4, 0.5) is 0 Å². The third kappa shape index (κ3) is 3.30. The molecule has 1 heterocycles. The number of nitrogens with zero attached hydrogens (tertiary/aromatic N) is 1. The summed E-state index contributed by atoms with van der Waals surface area (Å²) >= 11 is 9.41. The van der Waals surface area contributed by atoms with Crippen molar-refractivity contribution in [3.8, 4) is 0 Å². The second kappa shape index (κ2) is 6.20. The molecule has 1 saturated heterocycles. The molecule has 1 fully saturated rings. The maximum Gasteiger partial charge on any atom is 0.253 e. The smallest absolute Gasteiger partial charge is 0.253 e. The number of hydrogen-bond donors (Lipinski definition) is 0. The Bertz CT molecular complexity index is 639. The lowest BCUT2D eigenvalue weighted by Gasteiger charge is -2.17. The van der Waals surface area contributed by atoms with Gasteiger partial charge in [0.25, 0.3) is 5.91 Å². The molecule has 0 aromatic heterocycles. The van der Waals surface area contributed by atoms with E-state index in [2.05, 4.69) is 28.1 Å². The molecular weight excluding hydrogens is 350 g/mol. The molecule has 1 atom stereocenters. The predicted octanol–water partition coefficient (Wildman–Crippen LogP) is 4.73. The highest BCUT2D eigenvalue weighted by molar-refractivity contribution is 9.10. The van der Waals surface area contributed by atoms with E-state index in [1.807, 2.05) is 29.2 Å². The van der Waals surface area contributed by atoms with E-state index in [9.17, 15) is 4.79 Å². The van der Waals surface area contributed by atoms with Gasteiger partial charge in [0.2, 0.25) is 0 Å². The van der Waals surface area contributed by atoms with Gasteiger partial charge in [-0.1, -0.05) is 57.9 Å². The van der Waals surface area contributed by atoms with Crippen LogP contribution in [0.2, 0.25) is 5.02 Å². The third-order valence-corrected chi connectivity index (χ3v) is 4.53. The highest BCUT2D eigenvalue weighted by atomic mass is 79.9. The summed E-state index contributed by atoms with van der Waals surface area (Å²) in [6, 6.07) is 15.7. The minimum atomic E-state index is 0.0524. The summed E-state index contributed by atoms with van der Waals surface area (Å²) in [6.07, 6.45) is 1.01. The fourth-order valence-corrected chi connectivity index (χ4v) is 3.66. The molecular formula is C17H15BrClNO. The molecule has 1 aliphatic rings. The van der Waals surface area contributed by atoms with Gasteiger partial charge in [0.05, 0.1) is 0 Å². The monoisotopic (exact) mass is 363 g/mol. The minimum absolute atomic E-state index is 0.0524. The van der Waals surface area contributed by atoms with Gasteiger partial charge in [-0.2, -0.15) is 0 Å². The maximum atomic E-state index is 12.6. The molecule has 4 heteroatoms. The van der Waals surface area contributed by atoms with Crippen molar-refractivity contribution in [2.24, 2.45) is 0 Å². The summed E-state index contributed by atoms with van der Waals surface area (Å²) < 4.78 is 0.831. The predicted molar refractivity (Wildman–Crippen MR) is 88.9 cm³/mol. The Hall–Kier alpha value is -1.32. The van der Waals surface area contributed by atoms with Crippen LogP contribution in [0.15, 0.2) is 53.0 Å². The van der Waals surface area contributed by atoms with Gasteiger partial charge in [-0.05, 0) is 30.2 Å². The lowest BCUT2D eigenvalue weighted by molar-refractivity contribution is 0.0790. The number of amides is 1. The first-order valence-electron chi connectivity index (χ1n) is 6.94. The van der Waals surface area contributed by atoms with Gasteiger partial charge >= 0.3 is 0 Å². The van der Waals surface area contributed by atoms with Crippen molar-refractivity contribution in [1.29, 1.82) is 0 Å². The molecule has 1 unspecified atom stereocenters. The van der Waals surface area contributed by atoms with Crippen LogP contribution in [0.1, 0.15) is 28.3 Å². The van der Waals surface area contributed by atoms with Crippen LogP contribution >= 0.6 is 27.5 Å². The van der Waals surface area contributed by atoms with Gasteiger partial charge < -0.3 is 4.90 Å². The zero-order valence-electron chi connectivity index (χ0n) is 11.4. The standard InChI is InChI=1S/C17H15BrClNO/c18-15-8-14(9-16(19)10-15)17(21)20-7-6-13(11-20)12-4-2-1-3-5-12/h1-5,8-10,13H,6-7,11H2. The summed E-state index contributed by atoms with van der Waals surface area (Å²) in [7, 11) is 0. The average Bonchev–Trinajstić information content (AvgIpc) is 2.96. The number of carbonyl (C=O) groups excluding carboxylic acids is 1. The topological polar surface area (TPSA) is 20.3 Å². The summed E-state index contributed by atoms with van der Waals surface area (Å²) in [5, 5.41) is 0.575. The van der Waals surface area contributed by atoms with Crippen LogP contribution in [0, 0.1) is 0 Å². The van der Waals surface area contributed by atoms with Crippen molar-refractivity contribution in [1.82, 2.24) is 4.90 Å². The third-order valence-electron chi connectivity index (χ3n) is 3.86. The fraction of sp³-hybridized carbons (Fsp3) is 0.235. The van der Waals surface area contributed by atoms with Gasteiger partial charge in [-0.25, -0.2) is 0 Å². The Balaban J connectivity index is 1.75. The van der Waals surface area contributed by atoms with Gasteiger partial charge in [0, 0.05) is 34.1 Å². The van der Waals surface area contributed by atoms with E-state index in [-0.39, 0.29) is 5.91 Å². The van der Waals surface area contributed by atoms with Gasteiger partial charge in [-0.15, -0.1) is 0 Å². The molecule has 3 rings (SSSR count). The molecule has 0 radical (unpaired) electrons. The minimum Gasteiger partial charge on any atom is -0.338 e. The van der Waals surface area contributed by atoms with Crippen LogP contribution in [-0.4, -0.2) is 23.9 Å². The van der Waals surface area contributed by atoms with Crippen LogP contribution < -0.4 is 0 Å². The summed E-state index contributed by atoms with van der Waals surface area (Å²) in [4.78, 5) is 14.5. The van der Waals surface area contributed by atoms with E-state index in [0.29, 0.717) is 16.5 Å². The molecule has 21 heavy (non-hydrogen) atoms. The summed E-state index contributed by atoms with van der Waals surface area (Å²) in [5.41, 5.74) is 1.95. The zero-order valence-corrected chi connectivity index (χ0v) is 13.8. The average molecular weight is 365 g/mol. The Kier molecular flexibility index (Phi) is 4.32. The van der Waals surface area contributed by atoms with Gasteiger partial charge in [-0.3, -0.25) is 4.79 Å². The zero-order chi connectivity index (χ0) is 14.8. The molecule has 0 saturated carbocycles. The SMILES string of the molecule is O=C(c1cc(Cl)cc(Br)c1)N1CCC(c2ccccc2)C1. The first-order chi connectivity index (χ1) is 10.1. The van der Waals surface area contributed by atoms with Crippen molar-refractivity contribution in [3.05, 3.63) is 69.2 Å². The number of rotatable bonds is 2. The maximum absolute atomic E-state index is 12.6. The molecule has 108 valence electrons. The molecule has 0 spiro atoms. The number of carbonyl (C=O) groups is 1. The Labute approximate surface area is 137 Å². The van der Waals surface area contributed by atoms with Crippen LogP contribution in [-0.2, 0) is 0 Å². The largest absolute Gasteiger partial charge is 0.338 e. The van der Waals surface area contributed by atoms with E-state index < -0.39 is 0 Å². The van der Waals surface area contributed by atoms with E-state index in [4.69, 9.17) is 11.6 Å². The highest BCUT2D eigenvalue weighted by Crippen LogP contribution is 2.29. The van der Waals surface area contributed by atoms with Crippen molar-refractivity contribution < 1.29 is 4.79 Å². The molecule has 1 amide bonds. The van der Waals surface area contributed by atoms with Crippen molar-refractivity contribution in [3.63, 3.8) is 0 Å². The van der Waals surface area contributed by atoms with Crippen LogP contribution in [0.25, 0.3) is 0 Å². The molecule has 0 aliphatic carbocycles. The van der Waals surface area contributed by atoms with Crippen LogP contribution in [0.3, 0.4) is 0 Å². The Morgan fingerprint density at radius 2 is 1.95 bits per heavy atom. The lowest BCUT2D eigenvalue weighted by atomic mass is 9.99. The first kappa shape index (κ1) is 14.6. The molecule has 1 aliphatic heterocycles. The Morgan fingerprint density at radius 1 is 1.19 bits per heavy atom. The van der Waals surface area contributed by atoms with E-state index in [0.717, 1.165) is 24.0 Å². The van der Waals surface area contributed by atoms with Crippen molar-refractivity contribution in [2.45, 2.75) is 12.3 Å². The number of benzene rings is 2. The number of halogens is 2. The lowest BCUT2D eigenvalue weighted by Crippen LogP contribution is -2.28. The fourth-order valence-electron chi connectivity index (χ4n) is 2.80. The molecule has 2 aromatic carbocycles.